The summed E-state index contributed by atoms with van der Waals surface area (Å²) in [5, 5.41) is 0. The molecule has 2 aromatic rings. The molecule has 6 heteroatoms. The number of nitrogens with zero attached hydrogens (tertiary/aromatic N) is 1. The van der Waals surface area contributed by atoms with Gasteiger partial charge in [0.2, 0.25) is 0 Å². The highest BCUT2D eigenvalue weighted by atomic mass is 16.6. The van der Waals surface area contributed by atoms with Crippen molar-refractivity contribution in [3.8, 4) is 0 Å². The first-order chi connectivity index (χ1) is 12.7. The van der Waals surface area contributed by atoms with Crippen molar-refractivity contribution in [2.75, 3.05) is 18.6 Å². The molecule has 0 saturated heterocycles. The maximum atomic E-state index is 13.0. The minimum Gasteiger partial charge on any atom is -0.465 e. The van der Waals surface area contributed by atoms with Gasteiger partial charge in [0.05, 0.1) is 12.7 Å². The van der Waals surface area contributed by atoms with Gasteiger partial charge in [-0.1, -0.05) is 18.2 Å². The standard InChI is InChI=1S/C21H23NO5/c1-21(2,3)27-18(23)14-22(17-8-6-5-7-9-17)19(24)15-10-12-16(13-11-15)20(25)26-4/h5-13H,14H2,1-4H3. The van der Waals surface area contributed by atoms with Gasteiger partial charge < -0.3 is 9.47 Å². The summed E-state index contributed by atoms with van der Waals surface area (Å²) in [6.07, 6.45) is 0. The quantitative estimate of drug-likeness (QED) is 0.755. The summed E-state index contributed by atoms with van der Waals surface area (Å²) in [4.78, 5) is 38.2. The van der Waals surface area contributed by atoms with E-state index < -0.39 is 17.5 Å². The number of amides is 1. The molecule has 0 atom stereocenters. The molecule has 0 aliphatic heterocycles. The summed E-state index contributed by atoms with van der Waals surface area (Å²) in [5.74, 6) is -1.36. The van der Waals surface area contributed by atoms with E-state index in [1.807, 2.05) is 6.07 Å². The zero-order chi connectivity index (χ0) is 20.0. The molecule has 0 bridgehead atoms. The number of hydrogen-bond donors (Lipinski definition) is 0. The Bertz CT molecular complexity index is 807. The third-order valence-electron chi connectivity index (χ3n) is 3.57. The second kappa shape index (κ2) is 8.49. The van der Waals surface area contributed by atoms with Gasteiger partial charge in [0.25, 0.3) is 5.91 Å². The maximum absolute atomic E-state index is 13.0. The Labute approximate surface area is 158 Å². The number of esters is 2. The van der Waals surface area contributed by atoms with Gasteiger partial charge in [-0.3, -0.25) is 14.5 Å². The second-order valence-electron chi connectivity index (χ2n) is 6.88. The van der Waals surface area contributed by atoms with E-state index in [1.165, 1.54) is 36.3 Å². The van der Waals surface area contributed by atoms with Crippen molar-refractivity contribution >= 4 is 23.5 Å². The molecule has 0 unspecified atom stereocenters. The average Bonchev–Trinajstić information content (AvgIpc) is 2.64. The van der Waals surface area contributed by atoms with Crippen molar-refractivity contribution in [1.82, 2.24) is 0 Å². The Balaban J connectivity index is 2.28. The number of para-hydroxylation sites is 1. The number of benzene rings is 2. The van der Waals surface area contributed by atoms with Crippen LogP contribution >= 0.6 is 0 Å². The number of anilines is 1. The molecule has 0 fully saturated rings. The normalized spacial score (nSPS) is 10.8. The van der Waals surface area contributed by atoms with Crippen LogP contribution in [0.25, 0.3) is 0 Å². The van der Waals surface area contributed by atoms with E-state index in [4.69, 9.17) is 4.74 Å². The van der Waals surface area contributed by atoms with Gasteiger partial charge in [-0.15, -0.1) is 0 Å². The van der Waals surface area contributed by atoms with Crippen LogP contribution in [0.1, 0.15) is 41.5 Å². The van der Waals surface area contributed by atoms with Crippen LogP contribution in [0, 0.1) is 0 Å². The molecule has 0 spiro atoms. The Morgan fingerprint density at radius 1 is 0.889 bits per heavy atom. The zero-order valence-corrected chi connectivity index (χ0v) is 15.9. The monoisotopic (exact) mass is 369 g/mol. The lowest BCUT2D eigenvalue weighted by Crippen LogP contribution is -2.39. The first-order valence-electron chi connectivity index (χ1n) is 8.48. The highest BCUT2D eigenvalue weighted by molar-refractivity contribution is 6.08. The highest BCUT2D eigenvalue weighted by Crippen LogP contribution is 2.18. The molecule has 0 saturated carbocycles. The minimum atomic E-state index is -0.648. The van der Waals surface area contributed by atoms with Gasteiger partial charge in [0.15, 0.2) is 0 Å². The van der Waals surface area contributed by atoms with Crippen LogP contribution < -0.4 is 4.90 Å². The fraction of sp³-hybridized carbons (Fsp3) is 0.286. The summed E-state index contributed by atoms with van der Waals surface area (Å²) in [6, 6.07) is 14.9. The molecule has 0 N–H and O–H groups in total. The van der Waals surface area contributed by atoms with Crippen molar-refractivity contribution in [3.63, 3.8) is 0 Å². The van der Waals surface area contributed by atoms with Crippen LogP contribution in [-0.4, -0.2) is 37.1 Å². The van der Waals surface area contributed by atoms with Crippen LogP contribution in [0.4, 0.5) is 5.69 Å². The lowest BCUT2D eigenvalue weighted by Gasteiger charge is -2.25. The molecule has 1 amide bonds. The average molecular weight is 369 g/mol. The molecule has 0 heterocycles. The Morgan fingerprint density at radius 2 is 1.44 bits per heavy atom. The van der Waals surface area contributed by atoms with E-state index in [0.29, 0.717) is 16.8 Å². The van der Waals surface area contributed by atoms with Crippen LogP contribution in [0.3, 0.4) is 0 Å². The fourth-order valence-corrected chi connectivity index (χ4v) is 2.41. The second-order valence-corrected chi connectivity index (χ2v) is 6.88. The van der Waals surface area contributed by atoms with Crippen LogP contribution in [0.2, 0.25) is 0 Å². The lowest BCUT2D eigenvalue weighted by atomic mass is 10.1. The van der Waals surface area contributed by atoms with Crippen LogP contribution in [0.5, 0.6) is 0 Å². The molecular weight excluding hydrogens is 346 g/mol. The molecule has 0 aliphatic rings. The summed E-state index contributed by atoms with van der Waals surface area (Å²) >= 11 is 0. The van der Waals surface area contributed by atoms with E-state index in [-0.39, 0.29) is 12.5 Å². The van der Waals surface area contributed by atoms with Crippen LogP contribution in [0.15, 0.2) is 54.6 Å². The predicted octanol–water partition coefficient (Wildman–Crippen LogP) is 3.46. The van der Waals surface area contributed by atoms with Gasteiger partial charge in [0.1, 0.15) is 12.1 Å². The number of rotatable bonds is 5. The Morgan fingerprint density at radius 3 is 1.96 bits per heavy atom. The van der Waals surface area contributed by atoms with Crippen molar-refractivity contribution in [2.24, 2.45) is 0 Å². The fourth-order valence-electron chi connectivity index (χ4n) is 2.41. The van der Waals surface area contributed by atoms with Crippen molar-refractivity contribution < 1.29 is 23.9 Å². The molecule has 0 radical (unpaired) electrons. The number of hydrogen-bond acceptors (Lipinski definition) is 5. The molecule has 0 aromatic heterocycles. The molecule has 2 rings (SSSR count). The van der Waals surface area contributed by atoms with Gasteiger partial charge in [0, 0.05) is 11.3 Å². The molecular formula is C21H23NO5. The van der Waals surface area contributed by atoms with Gasteiger partial charge in [-0.25, -0.2) is 4.79 Å². The highest BCUT2D eigenvalue weighted by Gasteiger charge is 2.24. The van der Waals surface area contributed by atoms with Crippen molar-refractivity contribution in [1.29, 1.82) is 0 Å². The zero-order valence-electron chi connectivity index (χ0n) is 15.9. The third kappa shape index (κ3) is 5.67. The molecule has 6 nitrogen and oxygen atoms in total. The summed E-state index contributed by atoms with van der Waals surface area (Å²) < 4.78 is 10.0. The topological polar surface area (TPSA) is 72.9 Å². The lowest BCUT2D eigenvalue weighted by molar-refractivity contribution is -0.152. The molecule has 27 heavy (non-hydrogen) atoms. The number of methoxy groups -OCH3 is 1. The summed E-state index contributed by atoms with van der Waals surface area (Å²) in [5.41, 5.74) is 0.609. The smallest absolute Gasteiger partial charge is 0.337 e. The van der Waals surface area contributed by atoms with Crippen molar-refractivity contribution in [2.45, 2.75) is 26.4 Å². The Kier molecular flexibility index (Phi) is 6.34. The van der Waals surface area contributed by atoms with Gasteiger partial charge >= 0.3 is 11.9 Å². The SMILES string of the molecule is COC(=O)c1ccc(C(=O)N(CC(=O)OC(C)(C)C)c2ccccc2)cc1. The molecule has 0 aliphatic carbocycles. The maximum Gasteiger partial charge on any atom is 0.337 e. The van der Waals surface area contributed by atoms with Gasteiger partial charge in [-0.2, -0.15) is 0 Å². The van der Waals surface area contributed by atoms with E-state index in [0.717, 1.165) is 0 Å². The van der Waals surface area contributed by atoms with E-state index >= 15 is 0 Å². The molecule has 2 aromatic carbocycles. The third-order valence-corrected chi connectivity index (χ3v) is 3.57. The predicted molar refractivity (Wildman–Crippen MR) is 102 cm³/mol. The van der Waals surface area contributed by atoms with E-state index in [1.54, 1.807) is 45.0 Å². The first-order valence-corrected chi connectivity index (χ1v) is 8.48. The largest absolute Gasteiger partial charge is 0.465 e. The first kappa shape index (κ1) is 20.2. The van der Waals surface area contributed by atoms with Crippen molar-refractivity contribution in [3.05, 3.63) is 65.7 Å². The van der Waals surface area contributed by atoms with E-state index in [2.05, 4.69) is 4.74 Å². The van der Waals surface area contributed by atoms with Gasteiger partial charge in [-0.05, 0) is 57.2 Å². The summed E-state index contributed by atoms with van der Waals surface area (Å²) in [6.45, 7) is 5.08. The number of ether oxygens (including phenoxy) is 2. The van der Waals surface area contributed by atoms with E-state index in [9.17, 15) is 14.4 Å². The Hall–Kier alpha value is -3.15. The molecule has 142 valence electrons. The minimum absolute atomic E-state index is 0.223. The van der Waals surface area contributed by atoms with Crippen LogP contribution in [-0.2, 0) is 14.3 Å². The number of carbonyl (C=O) groups excluding carboxylic acids is 3. The summed E-state index contributed by atoms with van der Waals surface area (Å²) in [7, 11) is 1.29. The number of carbonyl (C=O) groups is 3.